The zero-order valence-corrected chi connectivity index (χ0v) is 11.8. The molecule has 2 heterocycles. The van der Waals surface area contributed by atoms with Crippen molar-refractivity contribution >= 4 is 11.6 Å². The zero-order valence-electron chi connectivity index (χ0n) is 11.8. The number of halogens is 2. The summed E-state index contributed by atoms with van der Waals surface area (Å²) in [6.07, 6.45) is 0.469. The van der Waals surface area contributed by atoms with E-state index in [-0.39, 0.29) is 25.6 Å². The number of carbonyl (C=O) groups is 1. The van der Waals surface area contributed by atoms with Crippen LogP contribution in [-0.4, -0.2) is 43.2 Å². The van der Waals surface area contributed by atoms with Crippen molar-refractivity contribution < 1.29 is 18.7 Å². The molecular weight excluding hydrogens is 290 g/mol. The van der Waals surface area contributed by atoms with Crippen LogP contribution in [0.25, 0.3) is 0 Å². The normalized spacial score (nSPS) is 26.0. The van der Waals surface area contributed by atoms with Crippen LogP contribution in [0.15, 0.2) is 18.2 Å². The molecule has 2 aliphatic heterocycles. The standard InChI is InChI=1S/C16H15F2N2O2/c17-16(18)9-20(10-16)13-3-1-12(2-4-13)5-6-15(11-21)7-8-19-14(15)22/h1,3-4,21H,7-11H2,(H,19,22)/t15-/m0/s1. The van der Waals surface area contributed by atoms with Gasteiger partial charge in [-0.15, -0.1) is 0 Å². The number of amides is 1. The number of alkyl halides is 2. The van der Waals surface area contributed by atoms with Gasteiger partial charge in [0.2, 0.25) is 5.91 Å². The molecule has 0 unspecified atom stereocenters. The topological polar surface area (TPSA) is 52.6 Å². The lowest BCUT2D eigenvalue weighted by Gasteiger charge is -2.40. The van der Waals surface area contributed by atoms with Gasteiger partial charge in [-0.05, 0) is 24.6 Å². The number of nitrogens with one attached hydrogen (secondary N) is 1. The quantitative estimate of drug-likeness (QED) is 0.795. The summed E-state index contributed by atoms with van der Waals surface area (Å²) in [5, 5.41) is 12.1. The number of hydrogen-bond acceptors (Lipinski definition) is 3. The summed E-state index contributed by atoms with van der Waals surface area (Å²) in [6.45, 7) is -0.383. The van der Waals surface area contributed by atoms with Gasteiger partial charge >= 0.3 is 0 Å². The van der Waals surface area contributed by atoms with Gasteiger partial charge in [0.05, 0.1) is 19.7 Å². The van der Waals surface area contributed by atoms with Crippen molar-refractivity contribution in [1.82, 2.24) is 5.32 Å². The van der Waals surface area contributed by atoms with Gasteiger partial charge in [0, 0.05) is 23.9 Å². The molecule has 0 bridgehead atoms. The average Bonchev–Trinajstić information content (AvgIpc) is 2.85. The number of hydrogen-bond donors (Lipinski definition) is 2. The van der Waals surface area contributed by atoms with Crippen molar-refractivity contribution in [2.75, 3.05) is 31.1 Å². The van der Waals surface area contributed by atoms with Crippen LogP contribution in [0.2, 0.25) is 0 Å². The molecule has 2 saturated heterocycles. The Morgan fingerprint density at radius 2 is 2.18 bits per heavy atom. The Bertz CT molecular complexity index is 640. The third-order valence-electron chi connectivity index (χ3n) is 3.98. The molecule has 115 valence electrons. The highest BCUT2D eigenvalue weighted by Crippen LogP contribution is 2.31. The number of nitrogens with zero attached hydrogens (tertiary/aromatic N) is 1. The van der Waals surface area contributed by atoms with Crippen molar-refractivity contribution in [3.63, 3.8) is 0 Å². The Balaban J connectivity index is 1.72. The summed E-state index contributed by atoms with van der Waals surface area (Å²) in [6, 6.07) is 7.91. The second kappa shape index (κ2) is 5.25. The van der Waals surface area contributed by atoms with Crippen LogP contribution in [0.4, 0.5) is 14.5 Å². The van der Waals surface area contributed by atoms with Crippen molar-refractivity contribution in [3.05, 3.63) is 29.8 Å². The first-order valence-corrected chi connectivity index (χ1v) is 7.01. The van der Waals surface area contributed by atoms with E-state index in [0.717, 1.165) is 0 Å². The summed E-state index contributed by atoms with van der Waals surface area (Å²) in [5.41, 5.74) is 0.182. The predicted molar refractivity (Wildman–Crippen MR) is 76.5 cm³/mol. The smallest absolute Gasteiger partial charge is 0.282 e. The molecule has 4 nitrogen and oxygen atoms in total. The molecule has 1 amide bonds. The lowest BCUT2D eigenvalue weighted by molar-refractivity contribution is -0.126. The molecule has 1 atom stereocenters. The van der Waals surface area contributed by atoms with Crippen LogP contribution in [0.3, 0.4) is 0 Å². The van der Waals surface area contributed by atoms with Crippen LogP contribution in [0.1, 0.15) is 12.0 Å². The first-order chi connectivity index (χ1) is 10.4. The van der Waals surface area contributed by atoms with Crippen molar-refractivity contribution in [2.24, 2.45) is 5.41 Å². The largest absolute Gasteiger partial charge is 0.394 e. The molecule has 6 heteroatoms. The number of anilines is 1. The maximum atomic E-state index is 12.8. The maximum Gasteiger partial charge on any atom is 0.282 e. The Morgan fingerprint density at radius 3 is 2.68 bits per heavy atom. The van der Waals surface area contributed by atoms with E-state index in [1.165, 1.54) is 0 Å². The Hall–Kier alpha value is -2.13. The summed E-state index contributed by atoms with van der Waals surface area (Å²) in [4.78, 5) is 13.3. The summed E-state index contributed by atoms with van der Waals surface area (Å²) < 4.78 is 25.7. The minimum Gasteiger partial charge on any atom is -0.394 e. The molecular formula is C16H15F2N2O2. The van der Waals surface area contributed by atoms with E-state index in [4.69, 9.17) is 0 Å². The van der Waals surface area contributed by atoms with Crippen molar-refractivity contribution in [3.8, 4) is 11.8 Å². The number of benzene rings is 1. The van der Waals surface area contributed by atoms with Gasteiger partial charge in [-0.1, -0.05) is 11.8 Å². The van der Waals surface area contributed by atoms with E-state index in [0.29, 0.717) is 24.2 Å². The number of rotatable bonds is 2. The summed E-state index contributed by atoms with van der Waals surface area (Å²) in [7, 11) is 0. The van der Waals surface area contributed by atoms with Crippen LogP contribution < -0.4 is 10.2 Å². The van der Waals surface area contributed by atoms with Gasteiger partial charge in [-0.3, -0.25) is 4.79 Å². The van der Waals surface area contributed by atoms with Gasteiger partial charge in [-0.25, -0.2) is 8.78 Å². The molecule has 2 aliphatic rings. The fourth-order valence-corrected chi connectivity index (χ4v) is 2.55. The number of carbonyl (C=O) groups excluding carboxylic acids is 1. The monoisotopic (exact) mass is 305 g/mol. The molecule has 0 aromatic heterocycles. The van der Waals surface area contributed by atoms with Gasteiger partial charge in [0.15, 0.2) is 0 Å². The number of aliphatic hydroxyl groups excluding tert-OH is 1. The van der Waals surface area contributed by atoms with E-state index >= 15 is 0 Å². The third kappa shape index (κ3) is 2.64. The molecule has 3 rings (SSSR count). The zero-order chi connectivity index (χ0) is 15.8. The van der Waals surface area contributed by atoms with E-state index in [9.17, 15) is 18.7 Å². The van der Waals surface area contributed by atoms with Crippen LogP contribution in [0.5, 0.6) is 0 Å². The van der Waals surface area contributed by atoms with Gasteiger partial charge in [0.1, 0.15) is 5.41 Å². The second-order valence-electron chi connectivity index (χ2n) is 5.67. The maximum absolute atomic E-state index is 12.8. The van der Waals surface area contributed by atoms with Crippen LogP contribution in [-0.2, 0) is 4.79 Å². The molecule has 1 aromatic carbocycles. The Morgan fingerprint density at radius 1 is 1.41 bits per heavy atom. The SMILES string of the molecule is O=C1NCC[C@@]1(C#Cc1[c]cc(N2CC(F)(F)C2)cc1)CO. The summed E-state index contributed by atoms with van der Waals surface area (Å²) in [5.74, 6) is 2.79. The van der Waals surface area contributed by atoms with Gasteiger partial charge in [0.25, 0.3) is 5.92 Å². The van der Waals surface area contributed by atoms with Crippen molar-refractivity contribution in [2.45, 2.75) is 12.3 Å². The lowest BCUT2D eigenvalue weighted by atomic mass is 9.88. The minimum absolute atomic E-state index is 0.262. The predicted octanol–water partition coefficient (Wildman–Crippen LogP) is 0.792. The fraction of sp³-hybridized carbons (Fsp3) is 0.438. The highest BCUT2D eigenvalue weighted by Gasteiger charge is 2.44. The molecule has 2 N–H and O–H groups in total. The second-order valence-corrected chi connectivity index (χ2v) is 5.67. The highest BCUT2D eigenvalue weighted by atomic mass is 19.3. The molecule has 22 heavy (non-hydrogen) atoms. The number of aliphatic hydroxyl groups is 1. The minimum atomic E-state index is -2.61. The third-order valence-corrected chi connectivity index (χ3v) is 3.98. The average molecular weight is 305 g/mol. The van der Waals surface area contributed by atoms with E-state index < -0.39 is 11.3 Å². The lowest BCUT2D eigenvalue weighted by Crippen LogP contribution is -2.56. The molecule has 0 aliphatic carbocycles. The van der Waals surface area contributed by atoms with Gasteiger partial charge < -0.3 is 15.3 Å². The Kier molecular flexibility index (Phi) is 3.53. The van der Waals surface area contributed by atoms with Crippen LogP contribution >= 0.6 is 0 Å². The van der Waals surface area contributed by atoms with Gasteiger partial charge in [-0.2, -0.15) is 0 Å². The summed E-state index contributed by atoms with van der Waals surface area (Å²) >= 11 is 0. The van der Waals surface area contributed by atoms with Crippen molar-refractivity contribution in [1.29, 1.82) is 0 Å². The molecule has 2 fully saturated rings. The molecule has 0 saturated carbocycles. The molecule has 0 spiro atoms. The van der Waals surface area contributed by atoms with Crippen LogP contribution in [0, 0.1) is 23.3 Å². The molecule has 1 radical (unpaired) electrons. The Labute approximate surface area is 127 Å². The first-order valence-electron chi connectivity index (χ1n) is 7.01. The van der Waals surface area contributed by atoms with E-state index in [1.54, 1.807) is 23.1 Å². The fourth-order valence-electron chi connectivity index (χ4n) is 2.55. The molecule has 1 aromatic rings. The first kappa shape index (κ1) is 14.8. The van der Waals surface area contributed by atoms with E-state index in [2.05, 4.69) is 23.2 Å². The highest BCUT2D eigenvalue weighted by molar-refractivity contribution is 5.88. The van der Waals surface area contributed by atoms with E-state index in [1.807, 2.05) is 0 Å².